The van der Waals surface area contributed by atoms with Crippen molar-refractivity contribution in [3.63, 3.8) is 0 Å². The Bertz CT molecular complexity index is 2170. The minimum atomic E-state index is -4.23. The van der Waals surface area contributed by atoms with Crippen LogP contribution < -0.4 is 0 Å². The van der Waals surface area contributed by atoms with Crippen molar-refractivity contribution in [2.45, 2.75) is 93.2 Å². The predicted molar refractivity (Wildman–Crippen MR) is 233 cm³/mol. The maximum atomic E-state index is 12.1. The molecule has 0 fully saturated rings. The van der Waals surface area contributed by atoms with Gasteiger partial charge in [0.05, 0.1) is 15.4 Å². The number of nitro benzene ring substituents is 2. The second kappa shape index (κ2) is 25.1. The number of alkyl halides is 3. The van der Waals surface area contributed by atoms with E-state index in [2.05, 4.69) is 13.8 Å². The van der Waals surface area contributed by atoms with Crippen molar-refractivity contribution in [1.29, 1.82) is 0 Å². The van der Waals surface area contributed by atoms with Gasteiger partial charge in [0.25, 0.3) is 11.4 Å². The zero-order valence-corrected chi connectivity index (χ0v) is 36.1. The largest absolute Gasteiger partial charge is 0.416 e. The highest BCUT2D eigenvalue weighted by molar-refractivity contribution is 5.99. The van der Waals surface area contributed by atoms with Gasteiger partial charge in [-0.2, -0.15) is 13.2 Å². The third-order valence-electron chi connectivity index (χ3n) is 8.80. The summed E-state index contributed by atoms with van der Waals surface area (Å²) >= 11 is 0. The second-order valence-corrected chi connectivity index (χ2v) is 14.7. The van der Waals surface area contributed by atoms with Crippen molar-refractivity contribution >= 4 is 34.5 Å². The van der Waals surface area contributed by atoms with E-state index in [0.717, 1.165) is 28.8 Å². The van der Waals surface area contributed by atoms with E-state index in [4.69, 9.17) is 0 Å². The molecule has 0 radical (unpaired) electrons. The van der Waals surface area contributed by atoms with Crippen LogP contribution in [0, 0.1) is 20.2 Å². The van der Waals surface area contributed by atoms with Gasteiger partial charge in [-0.3, -0.25) is 39.4 Å². The molecule has 0 saturated carbocycles. The molecular formula is C48H53F3N2O8. The van der Waals surface area contributed by atoms with Crippen LogP contribution in [-0.4, -0.2) is 33.0 Å². The smallest absolute Gasteiger partial charge is 0.295 e. The van der Waals surface area contributed by atoms with Crippen LogP contribution >= 0.6 is 0 Å². The monoisotopic (exact) mass is 842 g/mol. The number of carbonyl (C=O) groups excluding carboxylic acids is 4. The van der Waals surface area contributed by atoms with Crippen LogP contribution in [-0.2, 0) is 6.18 Å². The van der Waals surface area contributed by atoms with Gasteiger partial charge in [0.2, 0.25) is 0 Å². The Labute approximate surface area is 355 Å². The first kappa shape index (κ1) is 52.4. The summed E-state index contributed by atoms with van der Waals surface area (Å²) in [6.07, 6.45) is -4.23. The molecule has 13 heteroatoms. The number of Topliss-reactive ketones (excluding diaryl/α,β-unsaturated/α-hetero) is 4. The van der Waals surface area contributed by atoms with Crippen LogP contribution in [0.5, 0.6) is 0 Å². The lowest BCUT2D eigenvalue weighted by atomic mass is 10.0. The molecule has 5 aromatic rings. The number of nitro groups is 2. The number of halogens is 3. The number of benzene rings is 5. The molecule has 0 aliphatic rings. The van der Waals surface area contributed by atoms with Crippen LogP contribution in [0.1, 0.15) is 151 Å². The van der Waals surface area contributed by atoms with Crippen molar-refractivity contribution in [3.05, 3.63) is 186 Å². The highest BCUT2D eigenvalue weighted by atomic mass is 19.4. The van der Waals surface area contributed by atoms with Gasteiger partial charge in [-0.1, -0.05) is 120 Å². The van der Waals surface area contributed by atoms with E-state index in [1.165, 1.54) is 58.0 Å². The normalized spacial score (nSPS) is 10.4. The van der Waals surface area contributed by atoms with Gasteiger partial charge in [0.1, 0.15) is 0 Å². The first-order chi connectivity index (χ1) is 28.3. The van der Waals surface area contributed by atoms with Gasteiger partial charge in [0.15, 0.2) is 23.1 Å². The molecule has 0 aliphatic heterocycles. The quantitative estimate of drug-likeness (QED) is 0.0807. The lowest BCUT2D eigenvalue weighted by Crippen LogP contribution is -2.04. The molecule has 0 spiro atoms. The Hall–Kier alpha value is -6.63. The van der Waals surface area contributed by atoms with Gasteiger partial charge in [0, 0.05) is 46.5 Å². The summed E-state index contributed by atoms with van der Waals surface area (Å²) in [6, 6.07) is 32.1. The van der Waals surface area contributed by atoms with Crippen molar-refractivity contribution in [2.75, 3.05) is 0 Å². The Balaban J connectivity index is 0.000000381. The maximum Gasteiger partial charge on any atom is 0.416 e. The molecular weight excluding hydrogens is 790 g/mol. The van der Waals surface area contributed by atoms with Crippen LogP contribution in [0.4, 0.5) is 24.5 Å². The van der Waals surface area contributed by atoms with Crippen molar-refractivity contribution in [3.8, 4) is 0 Å². The van der Waals surface area contributed by atoms with E-state index in [9.17, 15) is 52.6 Å². The summed E-state index contributed by atoms with van der Waals surface area (Å²) < 4.78 is 36.4. The Kier molecular flexibility index (Phi) is 21.6. The van der Waals surface area contributed by atoms with Crippen molar-refractivity contribution < 1.29 is 42.2 Å². The third-order valence-corrected chi connectivity index (χ3v) is 8.80. The van der Waals surface area contributed by atoms with Crippen LogP contribution in [0.3, 0.4) is 0 Å². The Morgan fingerprint density at radius 3 is 1.10 bits per heavy atom. The molecule has 0 N–H and O–H groups in total. The fourth-order valence-corrected chi connectivity index (χ4v) is 4.93. The van der Waals surface area contributed by atoms with Crippen molar-refractivity contribution in [2.24, 2.45) is 0 Å². The van der Waals surface area contributed by atoms with Gasteiger partial charge >= 0.3 is 6.18 Å². The molecule has 5 rings (SSSR count). The first-order valence-electron chi connectivity index (χ1n) is 19.2. The van der Waals surface area contributed by atoms with E-state index >= 15 is 0 Å². The van der Waals surface area contributed by atoms with Gasteiger partial charge < -0.3 is 0 Å². The summed E-state index contributed by atoms with van der Waals surface area (Å²) in [6.45, 7) is 18.0. The SMILES string of the molecule is CC(=O)c1ccc(C(C)=O)cc1.CC(=O)c1cccc(C(C)=O)c1.CC(C)c1ccc(C(F)(F)F)cc1.CC(C)c1ccc([N+](=O)[O-])cc1.CC(C)c1cccc([N+](=O)[O-])c1. The van der Waals surface area contributed by atoms with E-state index in [1.54, 1.807) is 72.8 Å². The highest BCUT2D eigenvalue weighted by Crippen LogP contribution is 2.30. The Morgan fingerprint density at radius 2 is 0.787 bits per heavy atom. The van der Waals surface area contributed by atoms with E-state index < -0.39 is 11.7 Å². The molecule has 10 nitrogen and oxygen atoms in total. The molecule has 61 heavy (non-hydrogen) atoms. The number of rotatable bonds is 9. The number of non-ortho nitro benzene ring substituents is 2. The number of hydrogen-bond acceptors (Lipinski definition) is 8. The minimum Gasteiger partial charge on any atom is -0.295 e. The molecule has 0 aliphatic carbocycles. The molecule has 0 amide bonds. The maximum absolute atomic E-state index is 12.1. The molecule has 5 aromatic carbocycles. The van der Waals surface area contributed by atoms with E-state index in [-0.39, 0.29) is 50.3 Å². The van der Waals surface area contributed by atoms with E-state index in [0.29, 0.717) is 34.1 Å². The summed E-state index contributed by atoms with van der Waals surface area (Å²) in [4.78, 5) is 63.4. The number of nitrogens with zero attached hydrogens (tertiary/aromatic N) is 2. The second-order valence-electron chi connectivity index (χ2n) is 14.7. The van der Waals surface area contributed by atoms with Crippen LogP contribution in [0.15, 0.2) is 121 Å². The lowest BCUT2D eigenvalue weighted by molar-refractivity contribution is -0.385. The van der Waals surface area contributed by atoms with Gasteiger partial charge in [-0.15, -0.1) is 0 Å². The molecule has 0 heterocycles. The topological polar surface area (TPSA) is 155 Å². The van der Waals surface area contributed by atoms with Crippen molar-refractivity contribution in [1.82, 2.24) is 0 Å². The lowest BCUT2D eigenvalue weighted by Gasteiger charge is -2.09. The summed E-state index contributed by atoms with van der Waals surface area (Å²) in [5, 5.41) is 20.7. The summed E-state index contributed by atoms with van der Waals surface area (Å²) in [7, 11) is 0. The zero-order valence-electron chi connectivity index (χ0n) is 36.1. The molecule has 0 aromatic heterocycles. The standard InChI is InChI=1S/C10H11F3.2C10H10O2.2C9H11NO2/c1-7(2)8-3-5-9(6-4-8)10(11,12)13;1-7(11)9-3-5-10(6-4-9)8(2)12;1-7(11)9-4-3-5-10(6-9)8(2)12;1-7(2)8-3-5-9(6-4-8)10(11)12;1-7(2)8-4-3-5-9(6-8)10(11)12/h3-7H,1-2H3;2*3-6H,1-2H3;2*3-7H,1-2H3. The fourth-order valence-electron chi connectivity index (χ4n) is 4.93. The summed E-state index contributed by atoms with van der Waals surface area (Å²) in [5.41, 5.74) is 5.24. The molecule has 0 bridgehead atoms. The van der Waals surface area contributed by atoms with Gasteiger partial charge in [-0.25, -0.2) is 0 Å². The number of ketones is 4. The van der Waals surface area contributed by atoms with Gasteiger partial charge in [-0.05, 0) is 80.3 Å². The summed E-state index contributed by atoms with van der Waals surface area (Å²) in [5.74, 6) is 1.03. The third kappa shape index (κ3) is 19.3. The Morgan fingerprint density at radius 1 is 0.443 bits per heavy atom. The predicted octanol–water partition coefficient (Wildman–Crippen LogP) is 13.4. The van der Waals surface area contributed by atoms with E-state index in [1.807, 2.05) is 33.8 Å². The number of carbonyl (C=O) groups is 4. The minimum absolute atomic E-state index is 0.0156. The molecule has 0 unspecified atom stereocenters. The van der Waals surface area contributed by atoms with Crippen LogP contribution in [0.2, 0.25) is 0 Å². The molecule has 324 valence electrons. The average molecular weight is 843 g/mol. The molecule has 0 atom stereocenters. The number of hydrogen-bond donors (Lipinski definition) is 0. The highest BCUT2D eigenvalue weighted by Gasteiger charge is 2.30. The first-order valence-corrected chi connectivity index (χ1v) is 19.2. The average Bonchev–Trinajstić information content (AvgIpc) is 3.21. The van der Waals surface area contributed by atoms with Crippen LogP contribution in [0.25, 0.3) is 0 Å². The zero-order chi connectivity index (χ0) is 46.6. The molecule has 0 saturated heterocycles. The fraction of sp³-hybridized carbons (Fsp3) is 0.292.